The monoisotopic (exact) mass is 218 g/mol. The number of hydrogen-bond acceptors (Lipinski definition) is 2. The highest BCUT2D eigenvalue weighted by Crippen LogP contribution is 2.26. The predicted octanol–water partition coefficient (Wildman–Crippen LogP) is 3.21. The molecule has 2 aromatic rings. The van der Waals surface area contributed by atoms with Gasteiger partial charge in [0.05, 0.1) is 7.11 Å². The molecule has 0 atom stereocenters. The van der Waals surface area contributed by atoms with Gasteiger partial charge in [0.2, 0.25) is 0 Å². The van der Waals surface area contributed by atoms with Gasteiger partial charge in [-0.1, -0.05) is 12.1 Å². The molecule has 0 radical (unpaired) electrons. The minimum absolute atomic E-state index is 0.0779. The Labute approximate surface area is 92.9 Å². The van der Waals surface area contributed by atoms with Crippen LogP contribution in [0.2, 0.25) is 0 Å². The summed E-state index contributed by atoms with van der Waals surface area (Å²) in [5.41, 5.74) is 1.47. The van der Waals surface area contributed by atoms with Crippen molar-refractivity contribution in [1.29, 1.82) is 0 Å². The van der Waals surface area contributed by atoms with Gasteiger partial charge < -0.3 is 9.84 Å². The Balaban J connectivity index is 2.42. The van der Waals surface area contributed by atoms with Gasteiger partial charge in [0.15, 0.2) is 0 Å². The van der Waals surface area contributed by atoms with Gasteiger partial charge in [0.25, 0.3) is 0 Å². The number of ether oxygens (including phenoxy) is 1. The first-order chi connectivity index (χ1) is 7.69. The van der Waals surface area contributed by atoms with E-state index in [1.165, 1.54) is 12.1 Å². The van der Waals surface area contributed by atoms with E-state index in [9.17, 15) is 9.50 Å². The minimum Gasteiger partial charge on any atom is -0.508 e. The normalized spacial score (nSPS) is 10.1. The first-order valence-electron chi connectivity index (χ1n) is 4.83. The second-order valence-electron chi connectivity index (χ2n) is 3.43. The fourth-order valence-electron chi connectivity index (χ4n) is 1.52. The number of hydrogen-bond donors (Lipinski definition) is 1. The highest BCUT2D eigenvalue weighted by Gasteiger charge is 2.02. The lowest BCUT2D eigenvalue weighted by atomic mass is 10.1. The Bertz CT molecular complexity index is 472. The SMILES string of the molecule is COc1ccc(-c2cc(O)cc(F)c2)cc1. The predicted molar refractivity (Wildman–Crippen MR) is 60.1 cm³/mol. The molecule has 2 rings (SSSR count). The van der Waals surface area contributed by atoms with Crippen molar-refractivity contribution in [2.45, 2.75) is 0 Å². The van der Waals surface area contributed by atoms with Crippen LogP contribution in [-0.2, 0) is 0 Å². The largest absolute Gasteiger partial charge is 0.508 e. The Morgan fingerprint density at radius 2 is 1.69 bits per heavy atom. The summed E-state index contributed by atoms with van der Waals surface area (Å²) in [6.45, 7) is 0. The van der Waals surface area contributed by atoms with E-state index in [2.05, 4.69) is 0 Å². The molecule has 0 aliphatic heterocycles. The number of rotatable bonds is 2. The average molecular weight is 218 g/mol. The van der Waals surface area contributed by atoms with Gasteiger partial charge in [-0.2, -0.15) is 0 Å². The number of aromatic hydroxyl groups is 1. The van der Waals surface area contributed by atoms with E-state index < -0.39 is 5.82 Å². The first kappa shape index (κ1) is 10.5. The molecule has 2 nitrogen and oxygen atoms in total. The van der Waals surface area contributed by atoms with Crippen LogP contribution in [0.4, 0.5) is 4.39 Å². The van der Waals surface area contributed by atoms with Crippen LogP contribution in [0.1, 0.15) is 0 Å². The van der Waals surface area contributed by atoms with Crippen LogP contribution in [0.25, 0.3) is 11.1 Å². The van der Waals surface area contributed by atoms with Crippen molar-refractivity contribution >= 4 is 0 Å². The first-order valence-corrected chi connectivity index (χ1v) is 4.83. The molecule has 0 aromatic heterocycles. The molecule has 16 heavy (non-hydrogen) atoms. The topological polar surface area (TPSA) is 29.5 Å². The van der Waals surface area contributed by atoms with Crippen LogP contribution >= 0.6 is 0 Å². The number of phenolic OH excluding ortho intramolecular Hbond substituents is 1. The number of halogens is 1. The van der Waals surface area contributed by atoms with Crippen molar-refractivity contribution in [3.05, 3.63) is 48.3 Å². The summed E-state index contributed by atoms with van der Waals surface area (Å²) >= 11 is 0. The number of methoxy groups -OCH3 is 1. The third kappa shape index (κ3) is 2.14. The molecule has 0 saturated carbocycles. The zero-order valence-electron chi connectivity index (χ0n) is 8.77. The number of benzene rings is 2. The lowest BCUT2D eigenvalue weighted by molar-refractivity contribution is 0.415. The summed E-state index contributed by atoms with van der Waals surface area (Å²) in [5, 5.41) is 9.29. The van der Waals surface area contributed by atoms with E-state index in [4.69, 9.17) is 4.74 Å². The summed E-state index contributed by atoms with van der Waals surface area (Å²) in [5.74, 6) is 0.209. The highest BCUT2D eigenvalue weighted by molar-refractivity contribution is 5.65. The molecule has 0 spiro atoms. The Kier molecular flexibility index (Phi) is 2.77. The van der Waals surface area contributed by atoms with Crippen LogP contribution in [-0.4, -0.2) is 12.2 Å². The quantitative estimate of drug-likeness (QED) is 0.838. The van der Waals surface area contributed by atoms with E-state index in [1.807, 2.05) is 12.1 Å². The molecule has 0 saturated heterocycles. The van der Waals surface area contributed by atoms with Gasteiger partial charge >= 0.3 is 0 Å². The van der Waals surface area contributed by atoms with Crippen LogP contribution in [0.3, 0.4) is 0 Å². The van der Waals surface area contributed by atoms with E-state index in [-0.39, 0.29) is 5.75 Å². The van der Waals surface area contributed by atoms with Gasteiger partial charge in [-0.05, 0) is 35.4 Å². The van der Waals surface area contributed by atoms with Crippen molar-refractivity contribution in [3.63, 3.8) is 0 Å². The van der Waals surface area contributed by atoms with Gasteiger partial charge in [-0.25, -0.2) is 4.39 Å². The van der Waals surface area contributed by atoms with E-state index >= 15 is 0 Å². The molecule has 0 aliphatic rings. The summed E-state index contributed by atoms with van der Waals surface area (Å²) in [6, 6.07) is 11.2. The zero-order valence-corrected chi connectivity index (χ0v) is 8.77. The Morgan fingerprint density at radius 1 is 1.00 bits per heavy atom. The molecule has 0 unspecified atom stereocenters. The van der Waals surface area contributed by atoms with Crippen molar-refractivity contribution in [2.75, 3.05) is 7.11 Å². The molecule has 0 bridgehead atoms. The molecule has 0 aliphatic carbocycles. The maximum Gasteiger partial charge on any atom is 0.127 e. The molecule has 0 heterocycles. The molecular weight excluding hydrogens is 207 g/mol. The molecule has 82 valence electrons. The third-order valence-electron chi connectivity index (χ3n) is 2.31. The summed E-state index contributed by atoms with van der Waals surface area (Å²) in [6.07, 6.45) is 0. The van der Waals surface area contributed by atoms with E-state index in [0.717, 1.165) is 17.4 Å². The fourth-order valence-corrected chi connectivity index (χ4v) is 1.52. The molecule has 3 heteroatoms. The second kappa shape index (κ2) is 4.23. The lowest BCUT2D eigenvalue weighted by Crippen LogP contribution is -1.83. The van der Waals surface area contributed by atoms with Crippen molar-refractivity contribution < 1.29 is 14.2 Å². The van der Waals surface area contributed by atoms with Crippen molar-refractivity contribution in [1.82, 2.24) is 0 Å². The standard InChI is InChI=1S/C13H11FO2/c1-16-13-4-2-9(3-5-13)10-6-11(14)8-12(15)7-10/h2-8,15H,1H3. The average Bonchev–Trinajstić information content (AvgIpc) is 2.28. The third-order valence-corrected chi connectivity index (χ3v) is 2.31. The van der Waals surface area contributed by atoms with Gasteiger partial charge in [0.1, 0.15) is 17.3 Å². The van der Waals surface area contributed by atoms with E-state index in [0.29, 0.717) is 5.56 Å². The van der Waals surface area contributed by atoms with Gasteiger partial charge in [0, 0.05) is 6.07 Å². The zero-order chi connectivity index (χ0) is 11.5. The lowest BCUT2D eigenvalue weighted by Gasteiger charge is -2.04. The molecule has 1 N–H and O–H groups in total. The van der Waals surface area contributed by atoms with Gasteiger partial charge in [-0.3, -0.25) is 0 Å². The number of phenols is 1. The fraction of sp³-hybridized carbons (Fsp3) is 0.0769. The van der Waals surface area contributed by atoms with Crippen molar-refractivity contribution in [3.8, 4) is 22.6 Å². The molecule has 0 fully saturated rings. The van der Waals surface area contributed by atoms with Crippen LogP contribution in [0.15, 0.2) is 42.5 Å². The maximum atomic E-state index is 13.1. The summed E-state index contributed by atoms with van der Waals surface area (Å²) in [4.78, 5) is 0. The molecular formula is C13H11FO2. The molecule has 0 amide bonds. The second-order valence-corrected chi connectivity index (χ2v) is 3.43. The summed E-state index contributed by atoms with van der Waals surface area (Å²) < 4.78 is 18.1. The van der Waals surface area contributed by atoms with Crippen LogP contribution in [0, 0.1) is 5.82 Å². The van der Waals surface area contributed by atoms with E-state index in [1.54, 1.807) is 19.2 Å². The van der Waals surface area contributed by atoms with Crippen molar-refractivity contribution in [2.24, 2.45) is 0 Å². The Morgan fingerprint density at radius 3 is 2.25 bits per heavy atom. The smallest absolute Gasteiger partial charge is 0.127 e. The summed E-state index contributed by atoms with van der Waals surface area (Å²) in [7, 11) is 1.59. The molecule has 2 aromatic carbocycles. The Hall–Kier alpha value is -2.03. The maximum absolute atomic E-state index is 13.1. The highest BCUT2D eigenvalue weighted by atomic mass is 19.1. The van der Waals surface area contributed by atoms with Gasteiger partial charge in [-0.15, -0.1) is 0 Å². The van der Waals surface area contributed by atoms with Crippen LogP contribution < -0.4 is 4.74 Å². The van der Waals surface area contributed by atoms with Crippen LogP contribution in [0.5, 0.6) is 11.5 Å². The minimum atomic E-state index is -0.453.